The van der Waals surface area contributed by atoms with Crippen LogP contribution >= 0.6 is 11.6 Å². The lowest BCUT2D eigenvalue weighted by atomic mass is 10.1. The number of benzene rings is 1. The third-order valence-corrected chi connectivity index (χ3v) is 2.19. The molecular formula is C9H10ClNO. The van der Waals surface area contributed by atoms with Crippen LogP contribution in [0.2, 0.25) is 5.02 Å². The van der Waals surface area contributed by atoms with Crippen LogP contribution in [0, 0.1) is 11.8 Å². The Hall–Kier alpha value is -0.890. The summed E-state index contributed by atoms with van der Waals surface area (Å²) in [6.45, 7) is 4.00. The van der Waals surface area contributed by atoms with Crippen molar-refractivity contribution in [2.24, 2.45) is 5.18 Å². The van der Waals surface area contributed by atoms with Crippen molar-refractivity contribution in [3.8, 4) is 0 Å². The van der Waals surface area contributed by atoms with Crippen LogP contribution in [0.25, 0.3) is 0 Å². The molecule has 0 aliphatic heterocycles. The van der Waals surface area contributed by atoms with Gasteiger partial charge in [0.25, 0.3) is 0 Å². The average Bonchev–Trinajstić information content (AvgIpc) is 2.08. The summed E-state index contributed by atoms with van der Waals surface area (Å²) in [5.41, 5.74) is 2.55. The zero-order chi connectivity index (χ0) is 9.14. The molecule has 1 rings (SSSR count). The zero-order valence-corrected chi connectivity index (χ0v) is 7.85. The van der Waals surface area contributed by atoms with Gasteiger partial charge in [0, 0.05) is 0 Å². The predicted molar refractivity (Wildman–Crippen MR) is 51.0 cm³/mol. The van der Waals surface area contributed by atoms with Crippen molar-refractivity contribution in [2.75, 3.05) is 0 Å². The van der Waals surface area contributed by atoms with Crippen molar-refractivity contribution in [2.45, 2.75) is 20.3 Å². The first-order valence-electron chi connectivity index (χ1n) is 3.81. The lowest BCUT2D eigenvalue weighted by Gasteiger charge is -2.03. The lowest BCUT2D eigenvalue weighted by Crippen LogP contribution is -1.85. The second kappa shape index (κ2) is 3.68. The van der Waals surface area contributed by atoms with E-state index < -0.39 is 0 Å². The molecule has 2 nitrogen and oxygen atoms in total. The van der Waals surface area contributed by atoms with E-state index in [1.54, 1.807) is 12.1 Å². The van der Waals surface area contributed by atoms with Crippen molar-refractivity contribution >= 4 is 17.3 Å². The summed E-state index contributed by atoms with van der Waals surface area (Å²) in [4.78, 5) is 10.2. The van der Waals surface area contributed by atoms with Gasteiger partial charge in [0.1, 0.15) is 5.69 Å². The van der Waals surface area contributed by atoms with Crippen molar-refractivity contribution in [1.82, 2.24) is 0 Å². The van der Waals surface area contributed by atoms with Gasteiger partial charge < -0.3 is 0 Å². The van der Waals surface area contributed by atoms with Gasteiger partial charge >= 0.3 is 0 Å². The van der Waals surface area contributed by atoms with E-state index in [0.29, 0.717) is 10.7 Å². The molecule has 0 saturated heterocycles. The van der Waals surface area contributed by atoms with E-state index in [1.165, 1.54) is 0 Å². The third-order valence-electron chi connectivity index (χ3n) is 1.88. The van der Waals surface area contributed by atoms with Gasteiger partial charge in [-0.05, 0) is 41.8 Å². The Morgan fingerprint density at radius 1 is 1.50 bits per heavy atom. The maximum atomic E-state index is 10.2. The van der Waals surface area contributed by atoms with Gasteiger partial charge in [-0.3, -0.25) is 0 Å². The first kappa shape index (κ1) is 9.20. The Bertz CT molecular complexity index is 310. The molecule has 1 aromatic rings. The maximum absolute atomic E-state index is 10.2. The second-order valence-corrected chi connectivity index (χ2v) is 3.08. The van der Waals surface area contributed by atoms with Gasteiger partial charge in [0.05, 0.1) is 5.02 Å². The van der Waals surface area contributed by atoms with E-state index in [9.17, 15) is 4.91 Å². The number of rotatable bonds is 2. The lowest BCUT2D eigenvalue weighted by molar-refractivity contribution is 1.11. The summed E-state index contributed by atoms with van der Waals surface area (Å²) in [6.07, 6.45) is 0.921. The van der Waals surface area contributed by atoms with Crippen LogP contribution in [0.5, 0.6) is 0 Å². The third kappa shape index (κ3) is 1.64. The molecule has 0 unspecified atom stereocenters. The van der Waals surface area contributed by atoms with Gasteiger partial charge in [0.15, 0.2) is 0 Å². The summed E-state index contributed by atoms with van der Waals surface area (Å²) in [7, 11) is 0. The Labute approximate surface area is 76.5 Å². The summed E-state index contributed by atoms with van der Waals surface area (Å²) in [6, 6.07) is 3.52. The molecule has 0 fully saturated rings. The molecule has 0 N–H and O–H groups in total. The van der Waals surface area contributed by atoms with Crippen molar-refractivity contribution in [1.29, 1.82) is 0 Å². The van der Waals surface area contributed by atoms with Crippen molar-refractivity contribution in [3.63, 3.8) is 0 Å². The molecule has 0 atom stereocenters. The normalized spacial score (nSPS) is 9.92. The largest absolute Gasteiger partial charge is 0.145 e. The highest BCUT2D eigenvalue weighted by Crippen LogP contribution is 2.28. The van der Waals surface area contributed by atoms with Gasteiger partial charge in [0.2, 0.25) is 0 Å². The van der Waals surface area contributed by atoms with Crippen molar-refractivity contribution < 1.29 is 0 Å². The highest BCUT2D eigenvalue weighted by atomic mass is 35.5. The summed E-state index contributed by atoms with van der Waals surface area (Å²) >= 11 is 5.79. The summed E-state index contributed by atoms with van der Waals surface area (Å²) in [5.74, 6) is 0. The van der Waals surface area contributed by atoms with Gasteiger partial charge in [-0.25, -0.2) is 0 Å². The van der Waals surface area contributed by atoms with Gasteiger partial charge in [-0.1, -0.05) is 18.5 Å². The van der Waals surface area contributed by atoms with E-state index in [-0.39, 0.29) is 0 Å². The molecule has 0 aromatic heterocycles. The van der Waals surface area contributed by atoms with E-state index >= 15 is 0 Å². The zero-order valence-electron chi connectivity index (χ0n) is 7.10. The molecule has 0 bridgehead atoms. The Balaban J connectivity index is 3.25. The van der Waals surface area contributed by atoms with Crippen LogP contribution < -0.4 is 0 Å². The summed E-state index contributed by atoms with van der Waals surface area (Å²) < 4.78 is 0. The molecule has 0 radical (unpaired) electrons. The number of nitrogens with zero attached hydrogens (tertiary/aromatic N) is 1. The number of hydrogen-bond acceptors (Lipinski definition) is 2. The molecule has 0 aliphatic carbocycles. The van der Waals surface area contributed by atoms with Crippen LogP contribution in [0.1, 0.15) is 18.1 Å². The second-order valence-electron chi connectivity index (χ2n) is 2.67. The average molecular weight is 184 g/mol. The van der Waals surface area contributed by atoms with E-state index in [2.05, 4.69) is 5.18 Å². The van der Waals surface area contributed by atoms with Crippen LogP contribution in [-0.4, -0.2) is 0 Å². The molecule has 3 heteroatoms. The fourth-order valence-electron chi connectivity index (χ4n) is 1.16. The fraction of sp³-hybridized carbons (Fsp3) is 0.333. The SMILES string of the molecule is CCc1cc(Cl)c(N=O)cc1C. The predicted octanol–water partition coefficient (Wildman–Crippen LogP) is 3.61. The van der Waals surface area contributed by atoms with E-state index in [4.69, 9.17) is 11.6 Å². The van der Waals surface area contributed by atoms with Crippen LogP contribution in [-0.2, 0) is 6.42 Å². The Kier molecular flexibility index (Phi) is 2.82. The van der Waals surface area contributed by atoms with Crippen LogP contribution in [0.15, 0.2) is 17.3 Å². The number of halogens is 1. The minimum absolute atomic E-state index is 0.325. The van der Waals surface area contributed by atoms with Crippen LogP contribution in [0.4, 0.5) is 5.69 Å². The minimum Gasteiger partial charge on any atom is -0.145 e. The first-order chi connectivity index (χ1) is 5.69. The highest BCUT2D eigenvalue weighted by molar-refractivity contribution is 6.33. The number of hydrogen-bond donors (Lipinski definition) is 0. The standard InChI is InChI=1S/C9H10ClNO/c1-3-7-5-8(10)9(11-12)4-6(7)2/h4-5H,3H2,1-2H3. The molecule has 0 saturated carbocycles. The molecule has 12 heavy (non-hydrogen) atoms. The van der Waals surface area contributed by atoms with Crippen molar-refractivity contribution in [3.05, 3.63) is 33.2 Å². The topological polar surface area (TPSA) is 29.4 Å². The van der Waals surface area contributed by atoms with Crippen LogP contribution in [0.3, 0.4) is 0 Å². The molecule has 0 spiro atoms. The fourth-order valence-corrected chi connectivity index (χ4v) is 1.38. The number of nitroso groups, excluding NO2 is 1. The molecule has 0 aliphatic rings. The smallest absolute Gasteiger partial charge is 0.126 e. The molecule has 1 aromatic carbocycles. The monoisotopic (exact) mass is 183 g/mol. The van der Waals surface area contributed by atoms with E-state index in [1.807, 2.05) is 13.8 Å². The Morgan fingerprint density at radius 2 is 2.17 bits per heavy atom. The molecule has 0 heterocycles. The van der Waals surface area contributed by atoms with E-state index in [0.717, 1.165) is 17.5 Å². The maximum Gasteiger partial charge on any atom is 0.126 e. The van der Waals surface area contributed by atoms with Gasteiger partial charge in [-0.2, -0.15) is 0 Å². The molecule has 0 amide bonds. The highest BCUT2D eigenvalue weighted by Gasteiger charge is 2.04. The summed E-state index contributed by atoms with van der Waals surface area (Å²) in [5, 5.41) is 3.26. The molecule has 64 valence electrons. The molecular weight excluding hydrogens is 174 g/mol. The van der Waals surface area contributed by atoms with Gasteiger partial charge in [-0.15, -0.1) is 4.91 Å². The minimum atomic E-state index is 0.325. The quantitative estimate of drug-likeness (QED) is 0.644. The number of aryl methyl sites for hydroxylation is 2. The Morgan fingerprint density at radius 3 is 2.67 bits per heavy atom. The first-order valence-corrected chi connectivity index (χ1v) is 4.19.